The van der Waals surface area contributed by atoms with Crippen LogP contribution in [0.15, 0.2) is 73.2 Å². The Labute approximate surface area is 167 Å². The van der Waals surface area contributed by atoms with Gasteiger partial charge in [-0.25, -0.2) is 9.78 Å². The molecule has 7 nitrogen and oxygen atoms in total. The second-order valence-corrected chi connectivity index (χ2v) is 6.26. The van der Waals surface area contributed by atoms with E-state index in [0.717, 1.165) is 16.6 Å². The van der Waals surface area contributed by atoms with E-state index >= 15 is 0 Å². The molecule has 2 amide bonds. The van der Waals surface area contributed by atoms with E-state index in [4.69, 9.17) is 10.00 Å². The molecular formula is C22H17N5O2. The highest BCUT2D eigenvalue weighted by molar-refractivity contribution is 6.02. The molecule has 29 heavy (non-hydrogen) atoms. The van der Waals surface area contributed by atoms with Gasteiger partial charge >= 0.3 is 6.03 Å². The van der Waals surface area contributed by atoms with Crippen molar-refractivity contribution in [1.29, 1.82) is 5.26 Å². The van der Waals surface area contributed by atoms with Gasteiger partial charge in [-0.2, -0.15) is 5.26 Å². The van der Waals surface area contributed by atoms with Crippen LogP contribution in [0.25, 0.3) is 16.6 Å². The van der Waals surface area contributed by atoms with Gasteiger partial charge in [0.2, 0.25) is 0 Å². The number of benzene rings is 2. The number of nitrogens with zero attached hydrogens (tertiary/aromatic N) is 3. The number of aromatic nitrogens is 2. The van der Waals surface area contributed by atoms with Crippen LogP contribution in [-0.4, -0.2) is 22.5 Å². The van der Waals surface area contributed by atoms with Gasteiger partial charge in [0.1, 0.15) is 24.0 Å². The number of amides is 2. The number of hydrogen-bond acceptors (Lipinski definition) is 4. The monoisotopic (exact) mass is 383 g/mol. The second-order valence-electron chi connectivity index (χ2n) is 6.26. The normalized spacial score (nSPS) is 10.3. The minimum absolute atomic E-state index is 0.395. The standard InChI is InChI=1S/C22H17N5O2/c1-29-20-11-17(8-7-16(20)12-23)25-22(28)26-21-19(15-5-3-2-4-6-15)10-9-18-13-24-14-27(18)21/h2-11,13-14H,1H3,(H2,25,26,28). The van der Waals surface area contributed by atoms with Crippen molar-refractivity contribution in [2.24, 2.45) is 0 Å². The third-order valence-corrected chi connectivity index (χ3v) is 4.48. The van der Waals surface area contributed by atoms with Crippen molar-refractivity contribution in [3.63, 3.8) is 0 Å². The van der Waals surface area contributed by atoms with Crippen molar-refractivity contribution >= 4 is 23.1 Å². The molecule has 0 fully saturated rings. The molecule has 0 aliphatic rings. The number of anilines is 2. The highest BCUT2D eigenvalue weighted by atomic mass is 16.5. The summed E-state index contributed by atoms with van der Waals surface area (Å²) in [6.45, 7) is 0. The van der Waals surface area contributed by atoms with Gasteiger partial charge in [-0.1, -0.05) is 30.3 Å². The molecule has 0 bridgehead atoms. The molecule has 0 atom stereocenters. The van der Waals surface area contributed by atoms with Gasteiger partial charge in [0.15, 0.2) is 0 Å². The molecule has 4 rings (SSSR count). The summed E-state index contributed by atoms with van der Waals surface area (Å²) in [5.41, 5.74) is 3.60. The van der Waals surface area contributed by atoms with Crippen LogP contribution >= 0.6 is 0 Å². The van der Waals surface area contributed by atoms with E-state index in [1.54, 1.807) is 30.7 Å². The number of pyridine rings is 1. The van der Waals surface area contributed by atoms with Crippen LogP contribution < -0.4 is 15.4 Å². The number of nitriles is 1. The summed E-state index contributed by atoms with van der Waals surface area (Å²) in [5, 5.41) is 14.8. The quantitative estimate of drug-likeness (QED) is 0.542. The Kier molecular flexibility index (Phi) is 4.82. The molecule has 0 unspecified atom stereocenters. The lowest BCUT2D eigenvalue weighted by Crippen LogP contribution is -2.21. The summed E-state index contributed by atoms with van der Waals surface area (Å²) < 4.78 is 7.02. The van der Waals surface area contributed by atoms with E-state index in [1.165, 1.54) is 7.11 Å². The van der Waals surface area contributed by atoms with Gasteiger partial charge < -0.3 is 10.1 Å². The molecule has 0 saturated carbocycles. The Morgan fingerprint density at radius 1 is 1.10 bits per heavy atom. The fraction of sp³-hybridized carbons (Fsp3) is 0.0455. The van der Waals surface area contributed by atoms with Gasteiger partial charge in [-0.05, 0) is 29.8 Å². The summed E-state index contributed by atoms with van der Waals surface area (Å²) in [7, 11) is 1.48. The van der Waals surface area contributed by atoms with E-state index < -0.39 is 6.03 Å². The molecule has 2 aromatic carbocycles. The second kappa shape index (κ2) is 7.74. The number of carbonyl (C=O) groups excluding carboxylic acids is 1. The zero-order valence-corrected chi connectivity index (χ0v) is 15.6. The molecule has 0 saturated heterocycles. The maximum Gasteiger partial charge on any atom is 0.324 e. The number of imidazole rings is 1. The number of urea groups is 1. The smallest absolute Gasteiger partial charge is 0.324 e. The minimum atomic E-state index is -0.421. The summed E-state index contributed by atoms with van der Waals surface area (Å²) in [6, 6.07) is 20.2. The number of ether oxygens (including phenoxy) is 1. The predicted octanol–water partition coefficient (Wildman–Crippen LogP) is 4.53. The molecular weight excluding hydrogens is 366 g/mol. The fourth-order valence-corrected chi connectivity index (χ4v) is 3.10. The summed E-state index contributed by atoms with van der Waals surface area (Å²) >= 11 is 0. The number of fused-ring (bicyclic) bond motifs is 1. The van der Waals surface area contributed by atoms with Crippen molar-refractivity contribution in [3.8, 4) is 22.9 Å². The topological polar surface area (TPSA) is 91.4 Å². The predicted molar refractivity (Wildman–Crippen MR) is 111 cm³/mol. The first-order valence-electron chi connectivity index (χ1n) is 8.86. The lowest BCUT2D eigenvalue weighted by Gasteiger charge is -2.15. The molecule has 0 spiro atoms. The molecule has 7 heteroatoms. The van der Waals surface area contributed by atoms with Crippen LogP contribution in [0.5, 0.6) is 5.75 Å². The Morgan fingerprint density at radius 2 is 1.93 bits per heavy atom. The third-order valence-electron chi connectivity index (χ3n) is 4.48. The third kappa shape index (κ3) is 3.59. The van der Waals surface area contributed by atoms with Gasteiger partial charge in [0.25, 0.3) is 0 Å². The van der Waals surface area contributed by atoms with E-state index in [0.29, 0.717) is 22.8 Å². The Bertz CT molecular complexity index is 1230. The first-order chi connectivity index (χ1) is 14.2. The van der Waals surface area contributed by atoms with Crippen molar-refractivity contribution in [2.75, 3.05) is 17.7 Å². The maximum absolute atomic E-state index is 12.7. The Balaban J connectivity index is 1.66. The van der Waals surface area contributed by atoms with E-state index in [9.17, 15) is 4.79 Å². The van der Waals surface area contributed by atoms with E-state index in [1.807, 2.05) is 52.9 Å². The zero-order valence-electron chi connectivity index (χ0n) is 15.6. The van der Waals surface area contributed by atoms with Gasteiger partial charge in [-0.3, -0.25) is 9.72 Å². The van der Waals surface area contributed by atoms with Crippen LogP contribution in [-0.2, 0) is 0 Å². The number of carbonyl (C=O) groups is 1. The minimum Gasteiger partial charge on any atom is -0.495 e. The Hall–Kier alpha value is -4.31. The molecule has 2 heterocycles. The molecule has 0 aliphatic heterocycles. The number of methoxy groups -OCH3 is 1. The molecule has 2 N–H and O–H groups in total. The Morgan fingerprint density at radius 3 is 2.69 bits per heavy atom. The fourth-order valence-electron chi connectivity index (χ4n) is 3.10. The lowest BCUT2D eigenvalue weighted by molar-refractivity contribution is 0.262. The SMILES string of the molecule is COc1cc(NC(=O)Nc2c(-c3ccccc3)ccc3cncn23)ccc1C#N. The molecule has 0 aliphatic carbocycles. The van der Waals surface area contributed by atoms with Crippen LogP contribution in [0, 0.1) is 11.3 Å². The number of rotatable bonds is 4. The van der Waals surface area contributed by atoms with Crippen LogP contribution in [0.4, 0.5) is 16.3 Å². The largest absolute Gasteiger partial charge is 0.495 e. The summed E-state index contributed by atoms with van der Waals surface area (Å²) in [4.78, 5) is 16.9. The first-order valence-corrected chi connectivity index (χ1v) is 8.86. The van der Waals surface area contributed by atoms with Crippen LogP contribution in [0.1, 0.15) is 5.56 Å². The number of hydrogen-bond donors (Lipinski definition) is 2. The van der Waals surface area contributed by atoms with Crippen molar-refractivity contribution in [2.45, 2.75) is 0 Å². The van der Waals surface area contributed by atoms with Gasteiger partial charge in [-0.15, -0.1) is 0 Å². The van der Waals surface area contributed by atoms with E-state index in [-0.39, 0.29) is 0 Å². The maximum atomic E-state index is 12.7. The van der Waals surface area contributed by atoms with Gasteiger partial charge in [0, 0.05) is 17.3 Å². The van der Waals surface area contributed by atoms with Crippen LogP contribution in [0.3, 0.4) is 0 Å². The highest BCUT2D eigenvalue weighted by Crippen LogP contribution is 2.29. The molecule has 142 valence electrons. The molecule has 4 aromatic rings. The summed E-state index contributed by atoms with van der Waals surface area (Å²) in [5.74, 6) is 0.997. The average Bonchev–Trinajstić information content (AvgIpc) is 3.24. The van der Waals surface area contributed by atoms with E-state index in [2.05, 4.69) is 15.6 Å². The van der Waals surface area contributed by atoms with Crippen molar-refractivity contribution in [3.05, 3.63) is 78.8 Å². The number of nitrogens with one attached hydrogen (secondary N) is 2. The highest BCUT2D eigenvalue weighted by Gasteiger charge is 2.14. The average molecular weight is 383 g/mol. The molecule has 2 aromatic heterocycles. The van der Waals surface area contributed by atoms with Crippen molar-refractivity contribution in [1.82, 2.24) is 9.38 Å². The van der Waals surface area contributed by atoms with Crippen molar-refractivity contribution < 1.29 is 9.53 Å². The first kappa shape index (κ1) is 18.1. The van der Waals surface area contributed by atoms with Crippen LogP contribution in [0.2, 0.25) is 0 Å². The lowest BCUT2D eigenvalue weighted by atomic mass is 10.1. The summed E-state index contributed by atoms with van der Waals surface area (Å²) in [6.07, 6.45) is 3.38. The molecule has 0 radical (unpaired) electrons. The van der Waals surface area contributed by atoms with Gasteiger partial charge in [0.05, 0.1) is 24.4 Å². The zero-order chi connectivity index (χ0) is 20.2.